The van der Waals surface area contributed by atoms with Crippen LogP contribution in [0.25, 0.3) is 0 Å². The molecule has 0 bridgehead atoms. The van der Waals surface area contributed by atoms with Crippen LogP contribution in [-0.4, -0.2) is 47.4 Å². The summed E-state index contributed by atoms with van der Waals surface area (Å²) in [6, 6.07) is 3.67. The van der Waals surface area contributed by atoms with E-state index in [1.165, 1.54) is 26.2 Å². The van der Waals surface area contributed by atoms with E-state index in [2.05, 4.69) is 5.32 Å². The van der Waals surface area contributed by atoms with Crippen LogP contribution in [0.15, 0.2) is 18.2 Å². The summed E-state index contributed by atoms with van der Waals surface area (Å²) in [5.41, 5.74) is -0.0151. The van der Waals surface area contributed by atoms with Crippen molar-refractivity contribution >= 4 is 17.7 Å². The predicted molar refractivity (Wildman–Crippen MR) is 68.3 cm³/mol. The lowest BCUT2D eigenvalue weighted by Crippen LogP contribution is -2.58. The van der Waals surface area contributed by atoms with Gasteiger partial charge < -0.3 is 14.7 Å². The number of carbonyl (C=O) groups is 3. The molecule has 7 heteroatoms. The molecule has 1 saturated heterocycles. The molecule has 1 aliphatic heterocycles. The molecule has 1 atom stereocenters. The summed E-state index contributed by atoms with van der Waals surface area (Å²) in [5.74, 6) is -1.86. The topological polar surface area (TPSA) is 95.9 Å². The lowest BCUT2D eigenvalue weighted by Gasteiger charge is -2.31. The molecule has 106 valence electrons. The maximum atomic E-state index is 12.4. The first-order chi connectivity index (χ1) is 9.45. The number of benzene rings is 1. The van der Waals surface area contributed by atoms with Gasteiger partial charge in [0.1, 0.15) is 12.6 Å². The summed E-state index contributed by atoms with van der Waals surface area (Å²) in [4.78, 5) is 36.4. The van der Waals surface area contributed by atoms with Gasteiger partial charge in [-0.15, -0.1) is 0 Å². The zero-order chi connectivity index (χ0) is 14.9. The van der Waals surface area contributed by atoms with Gasteiger partial charge in [0.05, 0.1) is 12.7 Å². The molecule has 1 aliphatic rings. The number of phenols is 1. The highest BCUT2D eigenvalue weighted by molar-refractivity contribution is 6.08. The molecule has 7 nitrogen and oxygen atoms in total. The second kappa shape index (κ2) is 5.20. The van der Waals surface area contributed by atoms with Crippen molar-refractivity contribution in [1.29, 1.82) is 0 Å². The summed E-state index contributed by atoms with van der Waals surface area (Å²) in [5, 5.41) is 12.1. The van der Waals surface area contributed by atoms with Gasteiger partial charge in [0.15, 0.2) is 11.5 Å². The van der Waals surface area contributed by atoms with Gasteiger partial charge >= 0.3 is 0 Å². The summed E-state index contributed by atoms with van der Waals surface area (Å²) in [7, 11) is 1.36. The van der Waals surface area contributed by atoms with Gasteiger partial charge in [-0.25, -0.2) is 0 Å². The smallest absolute Gasteiger partial charge is 0.258 e. The first-order valence-corrected chi connectivity index (χ1v) is 5.96. The lowest BCUT2D eigenvalue weighted by molar-refractivity contribution is -0.138. The Morgan fingerprint density at radius 2 is 2.15 bits per heavy atom. The van der Waals surface area contributed by atoms with Crippen LogP contribution in [0, 0.1) is 0 Å². The van der Waals surface area contributed by atoms with Crippen LogP contribution in [-0.2, 0) is 9.59 Å². The van der Waals surface area contributed by atoms with E-state index in [1.807, 2.05) is 0 Å². The minimum atomic E-state index is -0.786. The number of hydrogen-bond acceptors (Lipinski definition) is 5. The van der Waals surface area contributed by atoms with Gasteiger partial charge in [-0.2, -0.15) is 0 Å². The van der Waals surface area contributed by atoms with Crippen molar-refractivity contribution in [3.63, 3.8) is 0 Å². The minimum absolute atomic E-state index is 0.0151. The molecule has 1 heterocycles. The number of phenolic OH excluding ortho intramolecular Hbond substituents is 1. The first kappa shape index (κ1) is 13.9. The molecule has 1 unspecified atom stereocenters. The Bertz CT molecular complexity index is 584. The van der Waals surface area contributed by atoms with Crippen molar-refractivity contribution in [2.45, 2.75) is 13.0 Å². The number of amides is 3. The van der Waals surface area contributed by atoms with Gasteiger partial charge in [0.25, 0.3) is 5.91 Å². The van der Waals surface area contributed by atoms with Crippen LogP contribution in [0.4, 0.5) is 0 Å². The molecule has 1 aromatic rings. The largest absolute Gasteiger partial charge is 0.504 e. The first-order valence-electron chi connectivity index (χ1n) is 5.96. The van der Waals surface area contributed by atoms with Gasteiger partial charge in [0.2, 0.25) is 11.8 Å². The molecule has 2 rings (SSSR count). The second-order valence-corrected chi connectivity index (χ2v) is 4.38. The lowest BCUT2D eigenvalue weighted by atomic mass is 10.1. The maximum Gasteiger partial charge on any atom is 0.258 e. The number of methoxy groups -OCH3 is 1. The Morgan fingerprint density at radius 1 is 1.45 bits per heavy atom. The van der Waals surface area contributed by atoms with Gasteiger partial charge in [0, 0.05) is 0 Å². The van der Waals surface area contributed by atoms with Crippen LogP contribution in [0.3, 0.4) is 0 Å². The third kappa shape index (κ3) is 2.29. The maximum absolute atomic E-state index is 12.4. The van der Waals surface area contributed by atoms with Crippen LogP contribution in [0.2, 0.25) is 0 Å². The van der Waals surface area contributed by atoms with Crippen molar-refractivity contribution in [2.24, 2.45) is 0 Å². The average molecular weight is 278 g/mol. The number of nitrogens with zero attached hydrogens (tertiary/aromatic N) is 1. The zero-order valence-corrected chi connectivity index (χ0v) is 11.0. The Labute approximate surface area is 115 Å². The van der Waals surface area contributed by atoms with Crippen molar-refractivity contribution < 1.29 is 24.2 Å². The summed E-state index contributed by atoms with van der Waals surface area (Å²) >= 11 is 0. The molecule has 0 saturated carbocycles. The molecule has 1 fully saturated rings. The Morgan fingerprint density at radius 3 is 2.80 bits per heavy atom. The molecule has 0 aromatic heterocycles. The fourth-order valence-electron chi connectivity index (χ4n) is 1.98. The number of rotatable bonds is 2. The summed E-state index contributed by atoms with van der Waals surface area (Å²) in [6.07, 6.45) is 0. The number of piperazine rings is 1. The van der Waals surface area contributed by atoms with E-state index in [4.69, 9.17) is 4.74 Å². The zero-order valence-electron chi connectivity index (χ0n) is 11.0. The van der Waals surface area contributed by atoms with Crippen molar-refractivity contribution in [2.75, 3.05) is 13.7 Å². The minimum Gasteiger partial charge on any atom is -0.504 e. The van der Waals surface area contributed by atoms with E-state index >= 15 is 0 Å². The molecule has 0 aliphatic carbocycles. The monoisotopic (exact) mass is 278 g/mol. The SMILES string of the molecule is COc1cccc(C(=O)N2CC(=O)NC(=O)C2C)c1O. The number of hydrogen-bond donors (Lipinski definition) is 2. The van der Waals surface area contributed by atoms with Crippen LogP contribution >= 0.6 is 0 Å². The second-order valence-electron chi connectivity index (χ2n) is 4.38. The molecular formula is C13H14N2O5. The van der Waals surface area contributed by atoms with Crippen LogP contribution in [0.1, 0.15) is 17.3 Å². The van der Waals surface area contributed by atoms with Crippen LogP contribution in [0.5, 0.6) is 11.5 Å². The fourth-order valence-corrected chi connectivity index (χ4v) is 1.98. The molecular weight excluding hydrogens is 264 g/mol. The Hall–Kier alpha value is -2.57. The number of nitrogens with one attached hydrogen (secondary N) is 1. The van der Waals surface area contributed by atoms with Gasteiger partial charge in [-0.3, -0.25) is 19.7 Å². The normalized spacial score (nSPS) is 18.7. The number of imide groups is 1. The molecule has 0 radical (unpaired) electrons. The van der Waals surface area contributed by atoms with Gasteiger partial charge in [-0.1, -0.05) is 6.07 Å². The summed E-state index contributed by atoms with van der Waals surface area (Å²) in [6.45, 7) is 1.28. The van der Waals surface area contributed by atoms with E-state index in [1.54, 1.807) is 6.07 Å². The van der Waals surface area contributed by atoms with E-state index < -0.39 is 23.8 Å². The van der Waals surface area contributed by atoms with Crippen molar-refractivity contribution in [1.82, 2.24) is 10.2 Å². The Balaban J connectivity index is 2.36. The standard InChI is InChI=1S/C13H14N2O5/c1-7-12(18)14-10(16)6-15(7)13(19)8-4-3-5-9(20-2)11(8)17/h3-5,7,17H,6H2,1-2H3,(H,14,16,18). The predicted octanol–water partition coefficient (Wildman–Crippen LogP) is -0.112. The highest BCUT2D eigenvalue weighted by Gasteiger charge is 2.35. The third-order valence-electron chi connectivity index (χ3n) is 3.13. The summed E-state index contributed by atoms with van der Waals surface area (Å²) < 4.78 is 4.93. The molecule has 3 amide bonds. The highest BCUT2D eigenvalue weighted by Crippen LogP contribution is 2.30. The van der Waals surface area contributed by atoms with Gasteiger partial charge in [-0.05, 0) is 19.1 Å². The van der Waals surface area contributed by atoms with Crippen molar-refractivity contribution in [3.05, 3.63) is 23.8 Å². The van der Waals surface area contributed by atoms with E-state index in [9.17, 15) is 19.5 Å². The highest BCUT2D eigenvalue weighted by atomic mass is 16.5. The number of ether oxygens (including phenoxy) is 1. The molecule has 2 N–H and O–H groups in total. The average Bonchev–Trinajstić information content (AvgIpc) is 2.42. The fraction of sp³-hybridized carbons (Fsp3) is 0.308. The Kier molecular flexibility index (Phi) is 3.60. The van der Waals surface area contributed by atoms with E-state index in [0.29, 0.717) is 0 Å². The van der Waals surface area contributed by atoms with E-state index in [-0.39, 0.29) is 23.6 Å². The van der Waals surface area contributed by atoms with E-state index in [0.717, 1.165) is 4.90 Å². The number of aromatic hydroxyl groups is 1. The molecule has 1 aromatic carbocycles. The quantitative estimate of drug-likeness (QED) is 0.736. The van der Waals surface area contributed by atoms with Crippen molar-refractivity contribution in [3.8, 4) is 11.5 Å². The number of para-hydroxylation sites is 1. The molecule has 20 heavy (non-hydrogen) atoms. The van der Waals surface area contributed by atoms with Crippen LogP contribution < -0.4 is 10.1 Å². The number of carbonyl (C=O) groups excluding carboxylic acids is 3. The molecule has 0 spiro atoms. The third-order valence-corrected chi connectivity index (χ3v) is 3.13.